The summed E-state index contributed by atoms with van der Waals surface area (Å²) in [6, 6.07) is 15.4. The number of benzene rings is 2. The first-order chi connectivity index (χ1) is 21.1. The number of unbranched alkanes of at least 4 members (excludes halogenated alkanes) is 8. The Bertz CT molecular complexity index is 1110. The predicted octanol–water partition coefficient (Wildman–Crippen LogP) is 0.787. The van der Waals surface area contributed by atoms with E-state index in [-0.39, 0.29) is 11.5 Å². The van der Waals surface area contributed by atoms with Crippen LogP contribution in [-0.2, 0) is 0 Å². The Morgan fingerprint density at radius 1 is 0.750 bits per heavy atom. The molecule has 16 heteroatoms. The molecule has 0 amide bonds. The fourth-order valence-electron chi connectivity index (χ4n) is 6.22. The van der Waals surface area contributed by atoms with Crippen molar-refractivity contribution < 1.29 is 14.9 Å². The van der Waals surface area contributed by atoms with Crippen LogP contribution < -0.4 is 4.74 Å². The van der Waals surface area contributed by atoms with E-state index in [1.165, 1.54) is 75.4 Å². The van der Waals surface area contributed by atoms with Crippen LogP contribution in [0.5, 0.6) is 17.2 Å². The van der Waals surface area contributed by atoms with Crippen LogP contribution in [0.1, 0.15) is 82.3 Å². The number of hydrogen-bond acceptors (Lipinski definition) is 3. The third-order valence-corrected chi connectivity index (χ3v) is 10.9. The van der Waals surface area contributed by atoms with Crippen LogP contribution in [0.2, 0.25) is 0 Å². The van der Waals surface area contributed by atoms with Crippen molar-refractivity contribution in [2.75, 3.05) is 18.1 Å². The minimum absolute atomic E-state index is 0.0547. The van der Waals surface area contributed by atoms with Gasteiger partial charge in [-0.15, -0.1) is 0 Å². The molecule has 2 N–H and O–H groups in total. The van der Waals surface area contributed by atoms with E-state index in [4.69, 9.17) is 4.74 Å². The number of phenolic OH excluding ortho intramolecular Hbond substituents is 2. The zero-order chi connectivity index (χ0) is 32.3. The molecule has 0 saturated carbocycles. The first kappa shape index (κ1) is 38.9. The van der Waals surface area contributed by atoms with Gasteiger partial charge < -0.3 is 10.2 Å². The van der Waals surface area contributed by atoms with E-state index < -0.39 is 0 Å². The number of phenols is 2. The molecule has 0 aliphatic rings. The van der Waals surface area contributed by atoms with Gasteiger partial charge in [0.2, 0.25) is 0 Å². The number of rotatable bonds is 22. The van der Waals surface area contributed by atoms with E-state index in [0.29, 0.717) is 42.2 Å². The standard InChI is InChI=1S/C28H51B12O3S/c1-2-3-4-5-7-10-19-44(35-39(36(29)30)40(37(31)32)38(33)34)20-11-8-6-9-18-43-28-16-14-24(15-17-28)12-13-25-21-26(41)23-27(42)22-25/h12-17,21-23,31,41-42H,2-11,18-20,29-30,32-34H2,1H3/q-1/b13-12+/i29-1,30-1,31-1,32-1,33-1,34-1,35-1,36-1,37-1,38-1,39-1,40-1. The van der Waals surface area contributed by atoms with Crippen LogP contribution in [-0.4, -0.2) is 113 Å². The summed E-state index contributed by atoms with van der Waals surface area (Å²) < 4.78 is 6.03. The van der Waals surface area contributed by atoms with Crippen molar-refractivity contribution in [2.45, 2.75) is 71.1 Å². The van der Waals surface area contributed by atoms with E-state index in [9.17, 15) is 10.2 Å². The molecule has 0 aliphatic carbocycles. The van der Waals surface area contributed by atoms with Crippen molar-refractivity contribution >= 4 is 107 Å². The van der Waals surface area contributed by atoms with Gasteiger partial charge in [0, 0.05) is 6.07 Å². The topological polar surface area (TPSA) is 49.7 Å². The third-order valence-electron chi connectivity index (χ3n) is 8.59. The minimum atomic E-state index is 0.0547. The maximum atomic E-state index is 9.65. The Labute approximate surface area is 280 Å². The SMILES string of the molecule is [10BH-][10B]([10BH2])[10B]([10B]([10BH2])[10BH2])[10B]([10B]=S(CCCCCCCC)CCCCCCOc1ccc(/C=C/c2cc(O)cc(O)c2)cc1)[10B]([10BH2])[10BH2]. The third kappa shape index (κ3) is 15.8. The van der Waals surface area contributed by atoms with Crippen molar-refractivity contribution in [2.24, 2.45) is 0 Å². The molecule has 0 spiro atoms. The summed E-state index contributed by atoms with van der Waals surface area (Å²) in [5.41, 5.74) is 1.79. The van der Waals surface area contributed by atoms with Crippen molar-refractivity contribution in [3.05, 3.63) is 53.6 Å². The quantitative estimate of drug-likeness (QED) is 0.122. The van der Waals surface area contributed by atoms with Crippen LogP contribution in [0.15, 0.2) is 42.5 Å². The normalized spacial score (nSPS) is 11.7. The summed E-state index contributed by atoms with van der Waals surface area (Å²) in [5, 5.41) is 19.3. The first-order valence-electron chi connectivity index (χ1n) is 17.4. The van der Waals surface area contributed by atoms with E-state index in [1.807, 2.05) is 36.4 Å². The molecule has 2 aromatic rings. The predicted molar refractivity (Wildman–Crippen MR) is 224 cm³/mol. The number of ether oxygens (including phenoxy) is 1. The molecule has 3 nitrogen and oxygen atoms in total. The molecule has 0 fully saturated rings. The summed E-state index contributed by atoms with van der Waals surface area (Å²) in [6.45, 7) is 3.05. The summed E-state index contributed by atoms with van der Waals surface area (Å²) in [4.78, 5) is 0. The van der Waals surface area contributed by atoms with Gasteiger partial charge in [0.25, 0.3) is 0 Å². The molecular weight excluding hydrogens is 537 g/mol. The Morgan fingerprint density at radius 3 is 1.84 bits per heavy atom. The van der Waals surface area contributed by atoms with Crippen LogP contribution in [0.4, 0.5) is 0 Å². The molecule has 1 atom stereocenters. The van der Waals surface area contributed by atoms with Gasteiger partial charge in [0.05, 0.1) is 0 Å². The molecule has 0 bridgehead atoms. The number of aromatic hydroxyl groups is 2. The van der Waals surface area contributed by atoms with Gasteiger partial charge in [0.15, 0.2) is 0 Å². The zero-order valence-corrected chi connectivity index (χ0v) is 29.6. The Balaban J connectivity index is 1.82. The molecule has 0 aliphatic heterocycles. The van der Waals surface area contributed by atoms with Crippen LogP contribution in [0.3, 0.4) is 0 Å². The second kappa shape index (κ2) is 22.3. The van der Waals surface area contributed by atoms with E-state index in [0.717, 1.165) is 29.9 Å². The van der Waals surface area contributed by atoms with Gasteiger partial charge in [-0.3, -0.25) is 0 Å². The molecule has 2 rings (SSSR count). The van der Waals surface area contributed by atoms with Crippen molar-refractivity contribution in [1.29, 1.82) is 0 Å². The molecule has 0 heterocycles. The van der Waals surface area contributed by atoms with Gasteiger partial charge in [-0.2, -0.15) is 0 Å². The Kier molecular flexibility index (Phi) is 19.7. The molecule has 44 heavy (non-hydrogen) atoms. The van der Waals surface area contributed by atoms with Gasteiger partial charge >= 0.3 is 224 Å². The van der Waals surface area contributed by atoms with Crippen molar-refractivity contribution in [1.82, 2.24) is 0 Å². The van der Waals surface area contributed by atoms with Crippen LogP contribution in [0, 0.1) is 0 Å². The van der Waals surface area contributed by atoms with Crippen LogP contribution in [0.25, 0.3) is 12.2 Å². The average Bonchev–Trinajstić information content (AvgIpc) is 2.96. The number of hydrogen-bond donors (Lipinski definition) is 2. The Hall–Kier alpha value is -1.29. The molecule has 0 saturated heterocycles. The molecule has 2 radical (unpaired) electrons. The molecule has 1 unspecified atom stereocenters. The fourth-order valence-corrected chi connectivity index (χ4v) is 8.78. The van der Waals surface area contributed by atoms with Crippen molar-refractivity contribution in [3.8, 4) is 17.2 Å². The van der Waals surface area contributed by atoms with Gasteiger partial charge in [-0.1, -0.05) is 12.2 Å². The molecule has 224 valence electrons. The zero-order valence-electron chi connectivity index (χ0n) is 28.8. The van der Waals surface area contributed by atoms with Crippen LogP contribution >= 0.6 is 10.3 Å². The second-order valence-corrected chi connectivity index (χ2v) is 15.6. The summed E-state index contributed by atoms with van der Waals surface area (Å²) in [7, 11) is 16.8. The van der Waals surface area contributed by atoms with E-state index >= 15 is 0 Å². The molecular formula is C28H51B12O3S-. The Morgan fingerprint density at radius 2 is 1.30 bits per heavy atom. The molecule has 2 aromatic carbocycles. The van der Waals surface area contributed by atoms with E-state index in [1.54, 1.807) is 12.1 Å². The first-order valence-corrected chi connectivity index (χ1v) is 19.0. The van der Waals surface area contributed by atoms with Crippen molar-refractivity contribution in [3.63, 3.8) is 0 Å². The average molecular weight is 588 g/mol. The summed E-state index contributed by atoms with van der Waals surface area (Å²) >= 11 is 0. The summed E-state index contributed by atoms with van der Waals surface area (Å²) in [5.74, 6) is 3.72. The maximum absolute atomic E-state index is 9.65. The second-order valence-electron chi connectivity index (χ2n) is 13.4. The fraction of sp³-hybridized carbons (Fsp3) is 0.500. The van der Waals surface area contributed by atoms with Gasteiger partial charge in [0.1, 0.15) is 11.5 Å². The van der Waals surface area contributed by atoms with E-state index in [2.05, 4.69) is 59.4 Å². The monoisotopic (exact) mass is 588 g/mol. The van der Waals surface area contributed by atoms with Gasteiger partial charge in [-0.05, 0) is 17.7 Å². The summed E-state index contributed by atoms with van der Waals surface area (Å²) in [6.07, 6.45) is 20.1. The molecule has 0 aromatic heterocycles. The van der Waals surface area contributed by atoms with Gasteiger partial charge in [-0.25, -0.2) is 0 Å².